The first-order valence-electron chi connectivity index (χ1n) is 12.4. The molecule has 5 rings (SSSR count). The lowest BCUT2D eigenvalue weighted by molar-refractivity contribution is -0.127. The van der Waals surface area contributed by atoms with Crippen LogP contribution in [0.4, 0.5) is 0 Å². The number of hydrogen-bond acceptors (Lipinski definition) is 2. The number of allylic oxidation sites excluding steroid dienone is 3. The summed E-state index contributed by atoms with van der Waals surface area (Å²) in [4.78, 5) is 21.4. The van der Waals surface area contributed by atoms with Crippen LogP contribution in [0, 0.1) is 0 Å². The van der Waals surface area contributed by atoms with Crippen LogP contribution in [-0.2, 0) is 11.3 Å². The first-order chi connectivity index (χ1) is 16.7. The van der Waals surface area contributed by atoms with Gasteiger partial charge in [-0.1, -0.05) is 54.6 Å². The van der Waals surface area contributed by atoms with Gasteiger partial charge in [-0.05, 0) is 85.1 Å². The highest BCUT2D eigenvalue weighted by Crippen LogP contribution is 2.26. The summed E-state index contributed by atoms with van der Waals surface area (Å²) in [6, 6.07) is 17.2. The van der Waals surface area contributed by atoms with E-state index >= 15 is 0 Å². The number of hydrogen-bond donors (Lipinski definition) is 1. The van der Waals surface area contributed by atoms with E-state index in [9.17, 15) is 4.79 Å². The Bertz CT molecular complexity index is 1240. The van der Waals surface area contributed by atoms with Crippen LogP contribution >= 0.6 is 0 Å². The Kier molecular flexibility index (Phi) is 6.77. The van der Waals surface area contributed by atoms with E-state index in [4.69, 9.17) is 0 Å². The molecule has 1 amide bonds. The molecule has 2 heterocycles. The zero-order chi connectivity index (χ0) is 23.3. The summed E-state index contributed by atoms with van der Waals surface area (Å²) in [5, 5.41) is 1.21. The van der Waals surface area contributed by atoms with Gasteiger partial charge in [0.05, 0.1) is 0 Å². The van der Waals surface area contributed by atoms with Gasteiger partial charge in [-0.25, -0.2) is 0 Å². The molecule has 1 fully saturated rings. The van der Waals surface area contributed by atoms with Crippen LogP contribution < -0.4 is 0 Å². The molecule has 174 valence electrons. The third-order valence-electron chi connectivity index (χ3n) is 6.92. The van der Waals surface area contributed by atoms with E-state index in [1.165, 1.54) is 29.4 Å². The highest BCUT2D eigenvalue weighted by molar-refractivity contribution is 5.96. The molecule has 0 unspecified atom stereocenters. The molecule has 0 atom stereocenters. The molecule has 4 nitrogen and oxygen atoms in total. The van der Waals surface area contributed by atoms with Crippen LogP contribution in [0.15, 0.2) is 90.7 Å². The molecule has 0 bridgehead atoms. The number of aromatic amines is 1. The second-order valence-corrected chi connectivity index (χ2v) is 9.48. The van der Waals surface area contributed by atoms with Gasteiger partial charge in [0.25, 0.3) is 5.91 Å². The molecule has 1 aromatic heterocycles. The fraction of sp³-hybridized carbons (Fsp3) is 0.300. The summed E-state index contributed by atoms with van der Waals surface area (Å²) in [5.41, 5.74) is 6.60. The Labute approximate surface area is 202 Å². The molecule has 4 heteroatoms. The number of benzene rings is 2. The largest absolute Gasteiger partial charge is 0.361 e. The second kappa shape index (κ2) is 10.3. The van der Waals surface area contributed by atoms with Gasteiger partial charge in [0, 0.05) is 36.9 Å². The van der Waals surface area contributed by atoms with Crippen molar-refractivity contribution in [2.24, 2.45) is 0 Å². The molecule has 1 aliphatic carbocycles. The summed E-state index contributed by atoms with van der Waals surface area (Å²) < 4.78 is 0. The number of carbonyl (C=O) groups is 1. The first kappa shape index (κ1) is 22.4. The summed E-state index contributed by atoms with van der Waals surface area (Å²) in [5.74, 6) is 0.115. The van der Waals surface area contributed by atoms with Crippen molar-refractivity contribution >= 4 is 16.8 Å². The fourth-order valence-corrected chi connectivity index (χ4v) is 4.92. The number of rotatable bonds is 7. The number of aromatic nitrogens is 1. The Morgan fingerprint density at radius 3 is 2.76 bits per heavy atom. The van der Waals surface area contributed by atoms with Crippen LogP contribution in [0.1, 0.15) is 31.2 Å². The van der Waals surface area contributed by atoms with Crippen LogP contribution in [0.3, 0.4) is 0 Å². The van der Waals surface area contributed by atoms with E-state index in [1.807, 2.05) is 23.2 Å². The SMILES string of the molecule is C=C1CC=CC(C(=O)N(CCN2CCCC2)Cc2cccc(-c3ccc4[nH]ccc4c3)c2)=CC1. The van der Waals surface area contributed by atoms with Crippen molar-refractivity contribution in [3.63, 3.8) is 0 Å². The van der Waals surface area contributed by atoms with Gasteiger partial charge in [-0.2, -0.15) is 0 Å². The van der Waals surface area contributed by atoms with Gasteiger partial charge < -0.3 is 14.8 Å². The molecule has 0 saturated carbocycles. The van der Waals surface area contributed by atoms with Gasteiger partial charge in [-0.15, -0.1) is 0 Å². The second-order valence-electron chi connectivity index (χ2n) is 9.48. The third kappa shape index (κ3) is 5.23. The number of nitrogens with zero attached hydrogens (tertiary/aromatic N) is 2. The van der Waals surface area contributed by atoms with Gasteiger partial charge in [-0.3, -0.25) is 4.79 Å². The Balaban J connectivity index is 1.38. The topological polar surface area (TPSA) is 39.3 Å². The van der Waals surface area contributed by atoms with E-state index in [-0.39, 0.29) is 5.91 Å². The number of fused-ring (bicyclic) bond motifs is 1. The number of nitrogens with one attached hydrogen (secondary N) is 1. The van der Waals surface area contributed by atoms with E-state index < -0.39 is 0 Å². The van der Waals surface area contributed by atoms with Gasteiger partial charge in [0.15, 0.2) is 0 Å². The number of carbonyl (C=O) groups excluding carboxylic acids is 1. The number of amides is 1. The molecular weight excluding hydrogens is 418 g/mol. The normalized spacial score (nSPS) is 16.6. The average Bonchev–Trinajstić information content (AvgIpc) is 3.50. The molecule has 1 aliphatic heterocycles. The first-order valence-corrected chi connectivity index (χ1v) is 12.4. The maximum Gasteiger partial charge on any atom is 0.253 e. The highest BCUT2D eigenvalue weighted by Gasteiger charge is 2.20. The maximum absolute atomic E-state index is 13.6. The fourth-order valence-electron chi connectivity index (χ4n) is 4.92. The minimum atomic E-state index is 0.115. The molecular formula is C30H33N3O. The zero-order valence-electron chi connectivity index (χ0n) is 19.8. The lowest BCUT2D eigenvalue weighted by Gasteiger charge is -2.26. The Morgan fingerprint density at radius 2 is 1.88 bits per heavy atom. The molecule has 1 N–H and O–H groups in total. The maximum atomic E-state index is 13.6. The molecule has 34 heavy (non-hydrogen) atoms. The molecule has 2 aromatic carbocycles. The predicted octanol–water partition coefficient (Wildman–Crippen LogP) is 6.09. The monoisotopic (exact) mass is 451 g/mol. The molecule has 0 spiro atoms. The Morgan fingerprint density at radius 1 is 1.03 bits per heavy atom. The van der Waals surface area contributed by atoms with E-state index in [2.05, 4.69) is 71.1 Å². The molecule has 0 radical (unpaired) electrons. The number of H-pyrrole nitrogens is 1. The van der Waals surface area contributed by atoms with Crippen LogP contribution in [0.5, 0.6) is 0 Å². The molecule has 3 aromatic rings. The summed E-state index contributed by atoms with van der Waals surface area (Å²) in [6.45, 7) is 8.66. The smallest absolute Gasteiger partial charge is 0.253 e. The summed E-state index contributed by atoms with van der Waals surface area (Å²) in [6.07, 6.45) is 12.2. The standard InChI is InChI=1S/C30H33N3O/c1-23-6-4-8-25(11-10-23)30(34)33(19-18-32-16-2-3-17-32)22-24-7-5-9-26(20-24)27-12-13-29-28(21-27)14-15-31-29/h4-5,7-9,11-15,20-21,31H,1-3,6,10,16-19,22H2. The minimum Gasteiger partial charge on any atom is -0.361 e. The van der Waals surface area contributed by atoms with Crippen molar-refractivity contribution < 1.29 is 4.79 Å². The van der Waals surface area contributed by atoms with Gasteiger partial charge >= 0.3 is 0 Å². The lowest BCUT2D eigenvalue weighted by atomic mass is 10.0. The third-order valence-corrected chi connectivity index (χ3v) is 6.92. The predicted molar refractivity (Wildman–Crippen MR) is 140 cm³/mol. The van der Waals surface area contributed by atoms with Gasteiger partial charge in [0.1, 0.15) is 0 Å². The minimum absolute atomic E-state index is 0.115. The average molecular weight is 452 g/mol. The van der Waals surface area contributed by atoms with Crippen molar-refractivity contribution in [2.75, 3.05) is 26.2 Å². The van der Waals surface area contributed by atoms with Crippen LogP contribution in [0.2, 0.25) is 0 Å². The van der Waals surface area contributed by atoms with E-state index in [0.29, 0.717) is 6.54 Å². The van der Waals surface area contributed by atoms with Crippen LogP contribution in [-0.4, -0.2) is 46.9 Å². The van der Waals surface area contributed by atoms with Crippen molar-refractivity contribution in [2.45, 2.75) is 32.2 Å². The molecule has 1 saturated heterocycles. The summed E-state index contributed by atoms with van der Waals surface area (Å²) in [7, 11) is 0. The highest BCUT2D eigenvalue weighted by atomic mass is 16.2. The van der Waals surface area contributed by atoms with Crippen molar-refractivity contribution in [1.82, 2.24) is 14.8 Å². The number of likely N-dealkylation sites (tertiary alicyclic amines) is 1. The molecule has 2 aliphatic rings. The Hall–Kier alpha value is -3.37. The van der Waals surface area contributed by atoms with Crippen LogP contribution in [0.25, 0.3) is 22.0 Å². The van der Waals surface area contributed by atoms with Crippen molar-refractivity contribution in [1.29, 1.82) is 0 Å². The van der Waals surface area contributed by atoms with E-state index in [1.54, 1.807) is 0 Å². The quantitative estimate of drug-likeness (QED) is 0.442. The van der Waals surface area contributed by atoms with Crippen molar-refractivity contribution in [3.05, 3.63) is 96.2 Å². The summed E-state index contributed by atoms with van der Waals surface area (Å²) >= 11 is 0. The van der Waals surface area contributed by atoms with Crippen molar-refractivity contribution in [3.8, 4) is 11.1 Å². The van der Waals surface area contributed by atoms with Gasteiger partial charge in [0.2, 0.25) is 0 Å². The zero-order valence-corrected chi connectivity index (χ0v) is 19.8. The van der Waals surface area contributed by atoms with E-state index in [0.717, 1.165) is 61.2 Å². The lowest BCUT2D eigenvalue weighted by Crippen LogP contribution is -2.38.